The molecule has 0 amide bonds. The molecule has 0 atom stereocenters. The lowest BCUT2D eigenvalue weighted by molar-refractivity contribution is 0.204. The van der Waals surface area contributed by atoms with Gasteiger partial charge in [-0.05, 0) is 18.1 Å². The van der Waals surface area contributed by atoms with Crippen LogP contribution in [0, 0.1) is 5.92 Å². The van der Waals surface area contributed by atoms with E-state index in [4.69, 9.17) is 4.74 Å². The number of nitrogens with one attached hydrogen (secondary N) is 1. The van der Waals surface area contributed by atoms with Gasteiger partial charge in [0.15, 0.2) is 5.82 Å². The maximum atomic E-state index is 5.16. The van der Waals surface area contributed by atoms with Gasteiger partial charge in [-0.1, -0.05) is 27.7 Å². The highest BCUT2D eigenvalue weighted by Crippen LogP contribution is 2.12. The molecule has 1 rings (SSSR count). The van der Waals surface area contributed by atoms with E-state index >= 15 is 0 Å². The molecule has 0 aliphatic heterocycles. The van der Waals surface area contributed by atoms with E-state index in [1.54, 1.807) is 7.11 Å². The number of ether oxygens (including phenoxy) is 1. The van der Waals surface area contributed by atoms with Crippen LogP contribution < -0.4 is 10.2 Å². The fraction of sp³-hybridized carbons (Fsp3) is 0.733. The fourth-order valence-electron chi connectivity index (χ4n) is 1.87. The molecular formula is C15H28N4O. The van der Waals surface area contributed by atoms with E-state index in [1.807, 2.05) is 12.1 Å². The summed E-state index contributed by atoms with van der Waals surface area (Å²) in [5, 5.41) is 12.0. The van der Waals surface area contributed by atoms with Gasteiger partial charge in [0.05, 0.1) is 12.3 Å². The lowest BCUT2D eigenvalue weighted by Crippen LogP contribution is -2.32. The second-order valence-corrected chi connectivity index (χ2v) is 5.75. The Morgan fingerprint density at radius 3 is 2.45 bits per heavy atom. The summed E-state index contributed by atoms with van der Waals surface area (Å²) < 4.78 is 5.16. The molecule has 114 valence electrons. The maximum Gasteiger partial charge on any atom is 0.151 e. The topological polar surface area (TPSA) is 50.3 Å². The van der Waals surface area contributed by atoms with Crippen molar-refractivity contribution in [3.05, 3.63) is 17.8 Å². The average molecular weight is 280 g/mol. The van der Waals surface area contributed by atoms with E-state index in [-0.39, 0.29) is 0 Å². The Kier molecular flexibility index (Phi) is 7.47. The lowest BCUT2D eigenvalue weighted by Gasteiger charge is -2.24. The molecule has 5 nitrogen and oxygen atoms in total. The standard InChI is InChI=1S/C15H28N4O/c1-12(2)11-19(8-9-20-5)15-7-6-14(17-18-15)10-16-13(3)4/h6-7,12-13,16H,8-11H2,1-5H3. The molecule has 0 spiro atoms. The molecule has 0 bridgehead atoms. The molecule has 0 aliphatic carbocycles. The highest BCUT2D eigenvalue weighted by molar-refractivity contribution is 5.37. The quantitative estimate of drug-likeness (QED) is 0.750. The average Bonchev–Trinajstić information content (AvgIpc) is 2.41. The lowest BCUT2D eigenvalue weighted by atomic mass is 10.2. The van der Waals surface area contributed by atoms with Crippen molar-refractivity contribution in [2.75, 3.05) is 31.7 Å². The molecule has 0 aliphatic rings. The molecule has 0 aromatic carbocycles. The van der Waals surface area contributed by atoms with Crippen molar-refractivity contribution in [1.82, 2.24) is 15.5 Å². The Bertz CT molecular complexity index is 365. The van der Waals surface area contributed by atoms with Crippen LogP contribution in [0.1, 0.15) is 33.4 Å². The minimum Gasteiger partial charge on any atom is -0.383 e. The second-order valence-electron chi connectivity index (χ2n) is 5.75. The molecule has 1 aromatic heterocycles. The van der Waals surface area contributed by atoms with Crippen LogP contribution in [-0.2, 0) is 11.3 Å². The SMILES string of the molecule is COCCN(CC(C)C)c1ccc(CNC(C)C)nn1. The van der Waals surface area contributed by atoms with Crippen molar-refractivity contribution < 1.29 is 4.74 Å². The number of rotatable bonds is 9. The van der Waals surface area contributed by atoms with Crippen LogP contribution >= 0.6 is 0 Å². The number of aromatic nitrogens is 2. The van der Waals surface area contributed by atoms with E-state index in [0.717, 1.165) is 31.1 Å². The summed E-state index contributed by atoms with van der Waals surface area (Å²) in [5.74, 6) is 1.50. The summed E-state index contributed by atoms with van der Waals surface area (Å²) in [4.78, 5) is 2.22. The third-order valence-corrected chi connectivity index (χ3v) is 2.87. The molecular weight excluding hydrogens is 252 g/mol. The van der Waals surface area contributed by atoms with Gasteiger partial charge in [0.1, 0.15) is 0 Å². The van der Waals surface area contributed by atoms with Gasteiger partial charge in [-0.2, -0.15) is 5.10 Å². The molecule has 0 fully saturated rings. The Morgan fingerprint density at radius 2 is 1.95 bits per heavy atom. The van der Waals surface area contributed by atoms with E-state index in [1.165, 1.54) is 0 Å². The largest absolute Gasteiger partial charge is 0.383 e. The van der Waals surface area contributed by atoms with Gasteiger partial charge >= 0.3 is 0 Å². The highest BCUT2D eigenvalue weighted by atomic mass is 16.5. The van der Waals surface area contributed by atoms with Crippen molar-refractivity contribution in [2.24, 2.45) is 5.92 Å². The molecule has 0 saturated heterocycles. The van der Waals surface area contributed by atoms with Gasteiger partial charge in [0.2, 0.25) is 0 Å². The summed E-state index contributed by atoms with van der Waals surface area (Å²) >= 11 is 0. The van der Waals surface area contributed by atoms with Gasteiger partial charge < -0.3 is 15.0 Å². The van der Waals surface area contributed by atoms with E-state index in [9.17, 15) is 0 Å². The van der Waals surface area contributed by atoms with E-state index in [0.29, 0.717) is 18.6 Å². The Morgan fingerprint density at radius 1 is 1.20 bits per heavy atom. The Labute approximate surface area is 122 Å². The number of hydrogen-bond donors (Lipinski definition) is 1. The molecule has 1 heterocycles. The third-order valence-electron chi connectivity index (χ3n) is 2.87. The first-order chi connectivity index (χ1) is 9.52. The third kappa shape index (κ3) is 6.30. The van der Waals surface area contributed by atoms with Crippen LogP contribution in [0.25, 0.3) is 0 Å². The normalized spacial score (nSPS) is 11.3. The van der Waals surface area contributed by atoms with Crippen LogP contribution in [0.4, 0.5) is 5.82 Å². The summed E-state index contributed by atoms with van der Waals surface area (Å²) in [6.07, 6.45) is 0. The minimum absolute atomic E-state index is 0.454. The molecule has 1 N–H and O–H groups in total. The Hall–Kier alpha value is -1.20. The predicted molar refractivity (Wildman–Crippen MR) is 82.9 cm³/mol. The van der Waals surface area contributed by atoms with Gasteiger partial charge in [0, 0.05) is 32.8 Å². The maximum absolute atomic E-state index is 5.16. The molecule has 5 heteroatoms. The number of anilines is 1. The molecule has 0 saturated carbocycles. The van der Waals surface area contributed by atoms with Gasteiger partial charge in [-0.25, -0.2) is 0 Å². The van der Waals surface area contributed by atoms with E-state index < -0.39 is 0 Å². The second kappa shape index (κ2) is 8.87. The molecule has 1 aromatic rings. The molecule has 0 radical (unpaired) electrons. The first-order valence-electron chi connectivity index (χ1n) is 7.32. The first kappa shape index (κ1) is 16.9. The van der Waals surface area contributed by atoms with Crippen LogP contribution in [0.2, 0.25) is 0 Å². The highest BCUT2D eigenvalue weighted by Gasteiger charge is 2.10. The summed E-state index contributed by atoms with van der Waals surface area (Å²) in [6, 6.07) is 4.54. The van der Waals surface area contributed by atoms with Crippen LogP contribution in [0.15, 0.2) is 12.1 Å². The van der Waals surface area contributed by atoms with Crippen LogP contribution in [0.3, 0.4) is 0 Å². The fourth-order valence-corrected chi connectivity index (χ4v) is 1.87. The van der Waals surface area contributed by atoms with Crippen molar-refractivity contribution >= 4 is 5.82 Å². The smallest absolute Gasteiger partial charge is 0.151 e. The van der Waals surface area contributed by atoms with Gasteiger partial charge in [0.25, 0.3) is 0 Å². The zero-order chi connectivity index (χ0) is 15.0. The van der Waals surface area contributed by atoms with E-state index in [2.05, 4.69) is 48.1 Å². The molecule has 20 heavy (non-hydrogen) atoms. The van der Waals surface area contributed by atoms with Crippen molar-refractivity contribution in [3.8, 4) is 0 Å². The zero-order valence-corrected chi connectivity index (χ0v) is 13.4. The monoisotopic (exact) mass is 280 g/mol. The number of methoxy groups -OCH3 is 1. The van der Waals surface area contributed by atoms with Crippen LogP contribution in [0.5, 0.6) is 0 Å². The number of hydrogen-bond acceptors (Lipinski definition) is 5. The van der Waals surface area contributed by atoms with Gasteiger partial charge in [-0.15, -0.1) is 5.10 Å². The summed E-state index contributed by atoms with van der Waals surface area (Å²) in [5.41, 5.74) is 0.971. The summed E-state index contributed by atoms with van der Waals surface area (Å²) in [7, 11) is 1.72. The number of nitrogens with zero attached hydrogens (tertiary/aromatic N) is 3. The molecule has 0 unspecified atom stereocenters. The minimum atomic E-state index is 0.454. The predicted octanol–water partition coefficient (Wildman–Crippen LogP) is 2.08. The zero-order valence-electron chi connectivity index (χ0n) is 13.4. The summed E-state index contributed by atoms with van der Waals surface area (Å²) in [6.45, 7) is 11.9. The van der Waals surface area contributed by atoms with Crippen molar-refractivity contribution in [3.63, 3.8) is 0 Å². The van der Waals surface area contributed by atoms with Crippen LogP contribution in [-0.4, -0.2) is 43.0 Å². The van der Waals surface area contributed by atoms with Crippen molar-refractivity contribution in [1.29, 1.82) is 0 Å². The first-order valence-corrected chi connectivity index (χ1v) is 7.32. The van der Waals surface area contributed by atoms with Gasteiger partial charge in [-0.3, -0.25) is 0 Å². The van der Waals surface area contributed by atoms with Crippen molar-refractivity contribution in [2.45, 2.75) is 40.3 Å². The Balaban J connectivity index is 2.66.